The van der Waals surface area contributed by atoms with Gasteiger partial charge in [0.05, 0.1) is 17.7 Å². The summed E-state index contributed by atoms with van der Waals surface area (Å²) >= 11 is 0. The smallest absolute Gasteiger partial charge is 0.344 e. The average molecular weight is 388 g/mol. The van der Waals surface area contributed by atoms with E-state index >= 15 is 0 Å². The first-order chi connectivity index (χ1) is 13.3. The van der Waals surface area contributed by atoms with Gasteiger partial charge in [0.2, 0.25) is 0 Å². The lowest BCUT2D eigenvalue weighted by molar-refractivity contribution is -0.384. The highest BCUT2D eigenvalue weighted by Gasteiger charge is 2.21. The minimum absolute atomic E-state index is 0.0979. The highest BCUT2D eigenvalue weighted by atomic mass is 16.6. The van der Waals surface area contributed by atoms with Crippen LogP contribution in [0.2, 0.25) is 0 Å². The number of nitro benzene ring substituents is 1. The summed E-state index contributed by atoms with van der Waals surface area (Å²) in [5, 5.41) is 13.4. The second-order valence-corrected chi connectivity index (χ2v) is 5.82. The molecule has 0 fully saturated rings. The molecular weight excluding hydrogens is 368 g/mol. The minimum Gasteiger partial charge on any atom is -0.495 e. The normalized spacial score (nSPS) is 11.2. The zero-order chi connectivity index (χ0) is 20.7. The van der Waals surface area contributed by atoms with E-state index in [0.717, 1.165) is 11.6 Å². The van der Waals surface area contributed by atoms with Crippen molar-refractivity contribution < 1.29 is 28.7 Å². The third-order valence-electron chi connectivity index (χ3n) is 3.77. The van der Waals surface area contributed by atoms with Gasteiger partial charge in [-0.2, -0.15) is 0 Å². The van der Waals surface area contributed by atoms with E-state index in [1.165, 1.54) is 26.2 Å². The first kappa shape index (κ1) is 20.7. The minimum atomic E-state index is -1.14. The summed E-state index contributed by atoms with van der Waals surface area (Å²) in [5.41, 5.74) is 0.743. The Kier molecular flexibility index (Phi) is 6.91. The molecule has 28 heavy (non-hydrogen) atoms. The third kappa shape index (κ3) is 5.44. The van der Waals surface area contributed by atoms with Crippen LogP contribution in [0.4, 0.5) is 11.4 Å². The number of hydrogen-bond acceptors (Lipinski definition) is 7. The summed E-state index contributed by atoms with van der Waals surface area (Å²) in [6, 6.07) is 10.9. The summed E-state index contributed by atoms with van der Waals surface area (Å²) in [6.45, 7) is 2.86. The second kappa shape index (κ2) is 9.36. The maximum absolute atomic E-state index is 12.3. The molecule has 0 unspecified atom stereocenters. The van der Waals surface area contributed by atoms with Crippen molar-refractivity contribution in [2.45, 2.75) is 20.0 Å². The van der Waals surface area contributed by atoms with E-state index in [-0.39, 0.29) is 23.7 Å². The SMILES string of the molecule is COc1ccc([N+](=O)[O-])cc1NC(=O)[C@H](C)OC(=O)COc1ccccc1C. The number of amides is 1. The van der Waals surface area contributed by atoms with Crippen LogP contribution in [0, 0.1) is 17.0 Å². The fraction of sp³-hybridized carbons (Fsp3) is 0.263. The van der Waals surface area contributed by atoms with Gasteiger partial charge in [-0.25, -0.2) is 4.79 Å². The molecule has 0 aliphatic rings. The quantitative estimate of drug-likeness (QED) is 0.420. The molecule has 0 aliphatic carbocycles. The monoisotopic (exact) mass is 388 g/mol. The number of nitrogens with zero attached hydrogens (tertiary/aromatic N) is 1. The lowest BCUT2D eigenvalue weighted by atomic mass is 10.2. The Morgan fingerprint density at radius 1 is 1.18 bits per heavy atom. The summed E-state index contributed by atoms with van der Waals surface area (Å²) in [4.78, 5) is 34.5. The largest absolute Gasteiger partial charge is 0.495 e. The van der Waals surface area contributed by atoms with Gasteiger partial charge in [-0.1, -0.05) is 18.2 Å². The Morgan fingerprint density at radius 3 is 2.54 bits per heavy atom. The van der Waals surface area contributed by atoms with Crippen LogP contribution in [-0.4, -0.2) is 36.6 Å². The number of nitrogens with one attached hydrogen (secondary N) is 1. The van der Waals surface area contributed by atoms with E-state index in [4.69, 9.17) is 14.2 Å². The number of esters is 1. The predicted molar refractivity (Wildman–Crippen MR) is 101 cm³/mol. The molecule has 1 amide bonds. The molecule has 0 heterocycles. The Labute approximate surface area is 161 Å². The van der Waals surface area contributed by atoms with Crippen molar-refractivity contribution in [2.24, 2.45) is 0 Å². The molecule has 2 aromatic carbocycles. The lowest BCUT2D eigenvalue weighted by Crippen LogP contribution is -2.31. The molecule has 0 aromatic heterocycles. The van der Waals surface area contributed by atoms with Crippen LogP contribution in [0.15, 0.2) is 42.5 Å². The molecule has 0 aliphatic heterocycles. The molecule has 1 N–H and O–H groups in total. The molecule has 0 saturated carbocycles. The Bertz CT molecular complexity index is 882. The second-order valence-electron chi connectivity index (χ2n) is 5.82. The first-order valence-electron chi connectivity index (χ1n) is 8.33. The molecule has 1 atom stereocenters. The van der Waals surface area contributed by atoms with Gasteiger partial charge >= 0.3 is 5.97 Å². The van der Waals surface area contributed by atoms with Crippen LogP contribution >= 0.6 is 0 Å². The molecule has 0 spiro atoms. The van der Waals surface area contributed by atoms with E-state index in [2.05, 4.69) is 5.32 Å². The fourth-order valence-electron chi connectivity index (χ4n) is 2.28. The number of rotatable bonds is 8. The molecule has 9 nitrogen and oxygen atoms in total. The van der Waals surface area contributed by atoms with Crippen molar-refractivity contribution in [3.8, 4) is 11.5 Å². The number of carbonyl (C=O) groups excluding carboxylic acids is 2. The molecule has 0 saturated heterocycles. The third-order valence-corrected chi connectivity index (χ3v) is 3.77. The molecule has 0 radical (unpaired) electrons. The van der Waals surface area contributed by atoms with Gasteiger partial charge < -0.3 is 19.5 Å². The van der Waals surface area contributed by atoms with Crippen LogP contribution in [0.3, 0.4) is 0 Å². The average Bonchev–Trinajstić information content (AvgIpc) is 2.67. The highest BCUT2D eigenvalue weighted by molar-refractivity contribution is 5.96. The molecule has 2 aromatic rings. The van der Waals surface area contributed by atoms with Crippen LogP contribution in [0.1, 0.15) is 12.5 Å². The Hall–Kier alpha value is -3.62. The predicted octanol–water partition coefficient (Wildman–Crippen LogP) is 2.86. The first-order valence-corrected chi connectivity index (χ1v) is 8.33. The van der Waals surface area contributed by atoms with E-state index in [9.17, 15) is 19.7 Å². The van der Waals surface area contributed by atoms with Crippen molar-refractivity contribution >= 4 is 23.3 Å². The number of carbonyl (C=O) groups is 2. The maximum Gasteiger partial charge on any atom is 0.344 e. The van der Waals surface area contributed by atoms with Crippen LogP contribution in [-0.2, 0) is 14.3 Å². The number of methoxy groups -OCH3 is 1. The van der Waals surface area contributed by atoms with Crippen molar-refractivity contribution in [3.05, 3.63) is 58.1 Å². The molecule has 0 bridgehead atoms. The summed E-state index contributed by atoms with van der Waals surface area (Å²) in [6.07, 6.45) is -1.14. The van der Waals surface area contributed by atoms with Crippen molar-refractivity contribution in [3.63, 3.8) is 0 Å². The number of para-hydroxylation sites is 1. The number of anilines is 1. The van der Waals surface area contributed by atoms with Crippen LogP contribution < -0.4 is 14.8 Å². The van der Waals surface area contributed by atoms with E-state index < -0.39 is 22.9 Å². The van der Waals surface area contributed by atoms with Gasteiger partial charge in [0.1, 0.15) is 11.5 Å². The maximum atomic E-state index is 12.3. The van der Waals surface area contributed by atoms with Gasteiger partial charge in [-0.15, -0.1) is 0 Å². The van der Waals surface area contributed by atoms with Crippen molar-refractivity contribution in [1.82, 2.24) is 0 Å². The Morgan fingerprint density at radius 2 is 1.89 bits per heavy atom. The molecule has 148 valence electrons. The number of ether oxygens (including phenoxy) is 3. The number of benzene rings is 2. The highest BCUT2D eigenvalue weighted by Crippen LogP contribution is 2.29. The Balaban J connectivity index is 1.95. The molecule has 2 rings (SSSR count). The van der Waals surface area contributed by atoms with Gasteiger partial charge in [0.25, 0.3) is 11.6 Å². The molecule has 9 heteroatoms. The lowest BCUT2D eigenvalue weighted by Gasteiger charge is -2.15. The molecular formula is C19H20N2O7. The van der Waals surface area contributed by atoms with E-state index in [0.29, 0.717) is 5.75 Å². The standard InChI is InChI=1S/C19H20N2O7/c1-12-6-4-5-7-16(12)27-11-18(22)28-13(2)19(23)20-15-10-14(21(24)25)8-9-17(15)26-3/h4-10,13H,11H2,1-3H3,(H,20,23)/t13-/m0/s1. The van der Waals surface area contributed by atoms with Gasteiger partial charge in [-0.05, 0) is 31.5 Å². The number of nitro groups is 1. The van der Waals surface area contributed by atoms with E-state index in [1.807, 2.05) is 19.1 Å². The van der Waals surface area contributed by atoms with Gasteiger partial charge in [0, 0.05) is 12.1 Å². The summed E-state index contributed by atoms with van der Waals surface area (Å²) in [5.74, 6) is -0.613. The fourth-order valence-corrected chi connectivity index (χ4v) is 2.28. The van der Waals surface area contributed by atoms with Crippen LogP contribution in [0.25, 0.3) is 0 Å². The number of hydrogen-bond donors (Lipinski definition) is 1. The van der Waals surface area contributed by atoms with Gasteiger partial charge in [0.15, 0.2) is 12.7 Å². The summed E-state index contributed by atoms with van der Waals surface area (Å²) < 4.78 is 15.5. The van der Waals surface area contributed by atoms with Crippen molar-refractivity contribution in [1.29, 1.82) is 0 Å². The van der Waals surface area contributed by atoms with Crippen molar-refractivity contribution in [2.75, 3.05) is 19.0 Å². The summed E-state index contributed by atoms with van der Waals surface area (Å²) in [7, 11) is 1.36. The topological polar surface area (TPSA) is 117 Å². The zero-order valence-electron chi connectivity index (χ0n) is 15.6. The van der Waals surface area contributed by atoms with E-state index in [1.54, 1.807) is 12.1 Å². The zero-order valence-corrected chi connectivity index (χ0v) is 15.6. The van der Waals surface area contributed by atoms with Crippen LogP contribution in [0.5, 0.6) is 11.5 Å². The number of aryl methyl sites for hydroxylation is 1. The number of non-ortho nitro benzene ring substituents is 1. The van der Waals surface area contributed by atoms with Gasteiger partial charge in [-0.3, -0.25) is 14.9 Å².